The van der Waals surface area contributed by atoms with Crippen LogP contribution in [0.5, 0.6) is 0 Å². The van der Waals surface area contributed by atoms with E-state index in [-0.39, 0.29) is 0 Å². The van der Waals surface area contributed by atoms with Crippen LogP contribution in [0.1, 0.15) is 5.56 Å². The molecule has 0 aliphatic rings. The maximum Gasteiger partial charge on any atom is 0.0587 e. The van der Waals surface area contributed by atoms with Crippen LogP contribution in [-0.4, -0.2) is 27.3 Å². The first kappa shape index (κ1) is 15.8. The van der Waals surface area contributed by atoms with Gasteiger partial charge in [-0.2, -0.15) is 0 Å². The van der Waals surface area contributed by atoms with Gasteiger partial charge in [-0.15, -0.1) is 0 Å². The SMILES string of the molecule is COCCNCc1ccc(N(C)c2ccccc2)cc1Cl. The lowest BCUT2D eigenvalue weighted by Crippen LogP contribution is -2.18. The van der Waals surface area contributed by atoms with Crippen molar-refractivity contribution in [3.63, 3.8) is 0 Å². The second-order valence-electron chi connectivity index (χ2n) is 4.84. The Labute approximate surface area is 131 Å². The molecule has 2 rings (SSSR count). The Morgan fingerprint density at radius 1 is 1.10 bits per heavy atom. The number of methoxy groups -OCH3 is 1. The van der Waals surface area contributed by atoms with Crippen molar-refractivity contribution in [1.82, 2.24) is 5.32 Å². The van der Waals surface area contributed by atoms with Gasteiger partial charge < -0.3 is 15.0 Å². The fourth-order valence-electron chi connectivity index (χ4n) is 2.09. The van der Waals surface area contributed by atoms with E-state index in [1.807, 2.05) is 31.3 Å². The van der Waals surface area contributed by atoms with Gasteiger partial charge in [0.2, 0.25) is 0 Å². The second kappa shape index (κ2) is 8.03. The third kappa shape index (κ3) is 4.46. The molecule has 0 saturated heterocycles. The number of hydrogen-bond donors (Lipinski definition) is 1. The molecule has 0 spiro atoms. The second-order valence-corrected chi connectivity index (χ2v) is 5.25. The molecule has 0 heterocycles. The minimum atomic E-state index is 0.701. The van der Waals surface area contributed by atoms with Crippen molar-refractivity contribution in [3.05, 3.63) is 59.1 Å². The third-order valence-electron chi connectivity index (χ3n) is 3.37. The van der Waals surface area contributed by atoms with Gasteiger partial charge in [-0.1, -0.05) is 35.9 Å². The number of benzene rings is 2. The number of halogens is 1. The van der Waals surface area contributed by atoms with Gasteiger partial charge in [0.15, 0.2) is 0 Å². The summed E-state index contributed by atoms with van der Waals surface area (Å²) in [6.07, 6.45) is 0. The fourth-order valence-corrected chi connectivity index (χ4v) is 2.33. The highest BCUT2D eigenvalue weighted by atomic mass is 35.5. The summed E-state index contributed by atoms with van der Waals surface area (Å²) in [6, 6.07) is 16.4. The van der Waals surface area contributed by atoms with Crippen LogP contribution in [0.25, 0.3) is 0 Å². The predicted molar refractivity (Wildman–Crippen MR) is 89.5 cm³/mol. The average molecular weight is 305 g/mol. The molecule has 21 heavy (non-hydrogen) atoms. The molecule has 0 atom stereocenters. The first-order valence-electron chi connectivity index (χ1n) is 6.99. The van der Waals surface area contributed by atoms with E-state index in [9.17, 15) is 0 Å². The summed E-state index contributed by atoms with van der Waals surface area (Å²) in [5.74, 6) is 0. The lowest BCUT2D eigenvalue weighted by molar-refractivity contribution is 0.199. The van der Waals surface area contributed by atoms with Gasteiger partial charge in [-0.05, 0) is 29.8 Å². The first-order valence-corrected chi connectivity index (χ1v) is 7.37. The number of ether oxygens (including phenoxy) is 1. The summed E-state index contributed by atoms with van der Waals surface area (Å²) in [5, 5.41) is 4.08. The normalized spacial score (nSPS) is 10.6. The molecular formula is C17H21ClN2O. The number of anilines is 2. The molecule has 0 aromatic heterocycles. The smallest absolute Gasteiger partial charge is 0.0587 e. The van der Waals surface area contributed by atoms with Gasteiger partial charge in [0.1, 0.15) is 0 Å². The van der Waals surface area contributed by atoms with E-state index < -0.39 is 0 Å². The van der Waals surface area contributed by atoms with Gasteiger partial charge >= 0.3 is 0 Å². The average Bonchev–Trinajstić information content (AvgIpc) is 2.53. The molecule has 0 bridgehead atoms. The van der Waals surface area contributed by atoms with E-state index in [1.165, 1.54) is 0 Å². The zero-order chi connectivity index (χ0) is 15.1. The Balaban J connectivity index is 2.04. The largest absolute Gasteiger partial charge is 0.383 e. The molecule has 2 aromatic carbocycles. The Hall–Kier alpha value is -1.55. The molecule has 0 aliphatic heterocycles. The number of nitrogens with one attached hydrogen (secondary N) is 1. The van der Waals surface area contributed by atoms with Crippen LogP contribution >= 0.6 is 11.6 Å². The highest BCUT2D eigenvalue weighted by Gasteiger charge is 2.07. The summed E-state index contributed by atoms with van der Waals surface area (Å²) >= 11 is 6.38. The summed E-state index contributed by atoms with van der Waals surface area (Å²) in [6.45, 7) is 2.27. The molecule has 2 aromatic rings. The van der Waals surface area contributed by atoms with Gasteiger partial charge in [0.25, 0.3) is 0 Å². The van der Waals surface area contributed by atoms with Crippen LogP contribution < -0.4 is 10.2 Å². The lowest BCUT2D eigenvalue weighted by atomic mass is 10.2. The van der Waals surface area contributed by atoms with Crippen molar-refractivity contribution < 1.29 is 4.74 Å². The molecule has 4 heteroatoms. The number of rotatable bonds is 7. The Bertz CT molecular complexity index is 560. The highest BCUT2D eigenvalue weighted by molar-refractivity contribution is 6.31. The van der Waals surface area contributed by atoms with Crippen molar-refractivity contribution in [1.29, 1.82) is 0 Å². The van der Waals surface area contributed by atoms with E-state index in [4.69, 9.17) is 16.3 Å². The van der Waals surface area contributed by atoms with E-state index in [0.717, 1.165) is 35.1 Å². The van der Waals surface area contributed by atoms with Gasteiger partial charge in [0, 0.05) is 43.6 Å². The maximum atomic E-state index is 6.38. The summed E-state index contributed by atoms with van der Waals surface area (Å²) in [4.78, 5) is 2.12. The van der Waals surface area contributed by atoms with Crippen LogP contribution in [0.3, 0.4) is 0 Å². The molecule has 0 amide bonds. The molecule has 112 valence electrons. The van der Waals surface area contributed by atoms with Crippen LogP contribution in [-0.2, 0) is 11.3 Å². The summed E-state index contributed by atoms with van der Waals surface area (Å²) in [5.41, 5.74) is 3.31. The molecular weight excluding hydrogens is 284 g/mol. The van der Waals surface area contributed by atoms with Crippen molar-refractivity contribution >= 4 is 23.0 Å². The predicted octanol–water partition coefficient (Wildman–Crippen LogP) is 3.84. The quantitative estimate of drug-likeness (QED) is 0.787. The standard InChI is InChI=1S/C17H21ClN2O/c1-20(15-6-4-3-5-7-15)16-9-8-14(17(18)12-16)13-19-10-11-21-2/h3-9,12,19H,10-11,13H2,1-2H3. The summed E-state index contributed by atoms with van der Waals surface area (Å²) < 4.78 is 5.01. The van der Waals surface area contributed by atoms with Crippen LogP contribution in [0, 0.1) is 0 Å². The minimum Gasteiger partial charge on any atom is -0.383 e. The minimum absolute atomic E-state index is 0.701. The topological polar surface area (TPSA) is 24.5 Å². The highest BCUT2D eigenvalue weighted by Crippen LogP contribution is 2.27. The van der Waals surface area contributed by atoms with Crippen LogP contribution in [0.2, 0.25) is 5.02 Å². The Kier molecular flexibility index (Phi) is 6.05. The van der Waals surface area contributed by atoms with Gasteiger partial charge in [-0.25, -0.2) is 0 Å². The first-order chi connectivity index (χ1) is 10.2. The Morgan fingerprint density at radius 3 is 2.52 bits per heavy atom. The Morgan fingerprint density at radius 2 is 1.86 bits per heavy atom. The number of nitrogens with zero attached hydrogens (tertiary/aromatic N) is 1. The van der Waals surface area contributed by atoms with Crippen LogP contribution in [0.4, 0.5) is 11.4 Å². The number of hydrogen-bond acceptors (Lipinski definition) is 3. The van der Waals surface area contributed by atoms with Crippen LogP contribution in [0.15, 0.2) is 48.5 Å². The zero-order valence-electron chi connectivity index (χ0n) is 12.5. The molecule has 1 N–H and O–H groups in total. The van der Waals surface area contributed by atoms with Gasteiger partial charge in [0.05, 0.1) is 6.61 Å². The molecule has 0 unspecified atom stereocenters. The van der Waals surface area contributed by atoms with Gasteiger partial charge in [-0.3, -0.25) is 0 Å². The zero-order valence-corrected chi connectivity index (χ0v) is 13.2. The molecule has 3 nitrogen and oxygen atoms in total. The van der Waals surface area contributed by atoms with Crippen molar-refractivity contribution in [2.24, 2.45) is 0 Å². The van der Waals surface area contributed by atoms with E-state index in [2.05, 4.69) is 34.5 Å². The lowest BCUT2D eigenvalue weighted by Gasteiger charge is -2.20. The third-order valence-corrected chi connectivity index (χ3v) is 3.72. The van der Waals surface area contributed by atoms with Crippen molar-refractivity contribution in [3.8, 4) is 0 Å². The molecule has 0 aliphatic carbocycles. The van der Waals surface area contributed by atoms with E-state index in [0.29, 0.717) is 6.61 Å². The number of para-hydroxylation sites is 1. The maximum absolute atomic E-state index is 6.38. The van der Waals surface area contributed by atoms with E-state index in [1.54, 1.807) is 7.11 Å². The van der Waals surface area contributed by atoms with E-state index >= 15 is 0 Å². The monoisotopic (exact) mass is 304 g/mol. The fraction of sp³-hybridized carbons (Fsp3) is 0.294. The molecule has 0 fully saturated rings. The summed E-state index contributed by atoms with van der Waals surface area (Å²) in [7, 11) is 3.74. The van der Waals surface area contributed by atoms with Crippen molar-refractivity contribution in [2.45, 2.75) is 6.54 Å². The van der Waals surface area contributed by atoms with Crippen molar-refractivity contribution in [2.75, 3.05) is 32.2 Å². The molecule has 0 radical (unpaired) electrons. The molecule has 0 saturated carbocycles.